The molecule has 4 heterocycles. The number of methoxy groups -OCH3 is 2. The van der Waals surface area contributed by atoms with Gasteiger partial charge in [0.15, 0.2) is 0 Å². The van der Waals surface area contributed by atoms with Gasteiger partial charge in [-0.15, -0.1) is 11.3 Å². The molecule has 1 fully saturated rings. The molecule has 1 aliphatic heterocycles. The molecule has 0 aliphatic carbocycles. The third-order valence-corrected chi connectivity index (χ3v) is 12.6. The number of carbonyl (C=O) groups excluding carboxylic acids is 3. The molecule has 6 rings (SSSR count). The summed E-state index contributed by atoms with van der Waals surface area (Å²) in [4.78, 5) is 66.2. The Morgan fingerprint density at radius 3 is 2.27 bits per heavy atom. The van der Waals surface area contributed by atoms with E-state index in [-0.39, 0.29) is 50.8 Å². The van der Waals surface area contributed by atoms with Crippen LogP contribution in [0.25, 0.3) is 32.3 Å². The lowest BCUT2D eigenvalue weighted by Gasteiger charge is -2.35. The number of fused-ring (bicyclic) bond motifs is 1. The van der Waals surface area contributed by atoms with Crippen LogP contribution in [0, 0.1) is 12.3 Å². The van der Waals surface area contributed by atoms with Crippen LogP contribution in [0.5, 0.6) is 11.5 Å². The van der Waals surface area contributed by atoms with Crippen molar-refractivity contribution in [2.45, 2.75) is 65.4 Å². The van der Waals surface area contributed by atoms with E-state index < -0.39 is 35.4 Å². The Labute approximate surface area is 395 Å². The number of carbonyl (C=O) groups is 3. The molecular formula is C49H63N7O10S. The molecule has 5 aromatic rings. The first-order chi connectivity index (χ1) is 32.1. The van der Waals surface area contributed by atoms with Crippen LogP contribution in [0.4, 0.5) is 0 Å². The van der Waals surface area contributed by atoms with Crippen molar-refractivity contribution in [1.82, 2.24) is 35.0 Å². The molecule has 18 heteroatoms. The summed E-state index contributed by atoms with van der Waals surface area (Å²) < 4.78 is 30.2. The number of amides is 3. The molecule has 3 N–H and O–H groups in total. The van der Waals surface area contributed by atoms with Gasteiger partial charge in [0.1, 0.15) is 30.2 Å². The number of aryl methyl sites for hydroxylation is 2. The van der Waals surface area contributed by atoms with Crippen molar-refractivity contribution >= 4 is 39.8 Å². The van der Waals surface area contributed by atoms with Gasteiger partial charge in [-0.05, 0) is 59.7 Å². The van der Waals surface area contributed by atoms with Crippen LogP contribution < -0.4 is 25.7 Å². The van der Waals surface area contributed by atoms with Gasteiger partial charge in [0.05, 0.1) is 80.4 Å². The molecule has 0 radical (unpaired) electrons. The number of hydrogen-bond acceptors (Lipinski definition) is 14. The fraction of sp³-hybridized carbons (Fsp3) is 0.469. The predicted octanol–water partition coefficient (Wildman–Crippen LogP) is 4.34. The highest BCUT2D eigenvalue weighted by Gasteiger charge is 2.44. The van der Waals surface area contributed by atoms with Gasteiger partial charge < -0.3 is 48.9 Å². The van der Waals surface area contributed by atoms with E-state index in [1.54, 1.807) is 49.6 Å². The van der Waals surface area contributed by atoms with Crippen LogP contribution >= 0.6 is 11.3 Å². The summed E-state index contributed by atoms with van der Waals surface area (Å²) in [6, 6.07) is 11.7. The first-order valence-corrected chi connectivity index (χ1v) is 23.1. The zero-order chi connectivity index (χ0) is 48.3. The maximum Gasteiger partial charge on any atom is 0.259 e. The summed E-state index contributed by atoms with van der Waals surface area (Å²) in [6.07, 6.45) is 4.28. The number of hydrogen-bond donors (Lipinski definition) is 3. The largest absolute Gasteiger partial charge is 0.496 e. The zero-order valence-electron chi connectivity index (χ0n) is 39.6. The summed E-state index contributed by atoms with van der Waals surface area (Å²) in [5.74, 6) is 0.00468. The van der Waals surface area contributed by atoms with Crippen molar-refractivity contribution in [3.63, 3.8) is 0 Å². The smallest absolute Gasteiger partial charge is 0.259 e. The summed E-state index contributed by atoms with van der Waals surface area (Å²) >= 11 is 1.57. The maximum absolute atomic E-state index is 14.0. The van der Waals surface area contributed by atoms with E-state index in [1.165, 1.54) is 4.90 Å². The van der Waals surface area contributed by atoms with E-state index in [1.807, 2.05) is 88.9 Å². The molecule has 0 bridgehead atoms. The van der Waals surface area contributed by atoms with Crippen molar-refractivity contribution in [2.24, 2.45) is 12.5 Å². The molecular weight excluding hydrogens is 879 g/mol. The Balaban J connectivity index is 0.887. The van der Waals surface area contributed by atoms with Gasteiger partial charge in [0, 0.05) is 63.8 Å². The number of aliphatic hydroxyl groups excluding tert-OH is 1. The van der Waals surface area contributed by atoms with E-state index in [0.717, 1.165) is 43.8 Å². The van der Waals surface area contributed by atoms with Gasteiger partial charge in [-0.2, -0.15) is 0 Å². The fourth-order valence-corrected chi connectivity index (χ4v) is 8.81. The number of β-amino-alcohol motifs (C(OH)–C–C–N with tert-alkyl or cyclic N) is 1. The van der Waals surface area contributed by atoms with Crippen LogP contribution in [0.1, 0.15) is 44.0 Å². The van der Waals surface area contributed by atoms with Crippen LogP contribution in [0.2, 0.25) is 0 Å². The Bertz CT molecular complexity index is 2520. The average molecular weight is 942 g/mol. The normalized spacial score (nSPS) is 15.5. The molecule has 2 aromatic carbocycles. The number of likely N-dealkylation sites (N-methyl/N-ethyl adjacent to an activating group) is 1. The molecule has 0 unspecified atom stereocenters. The minimum atomic E-state index is -0.971. The fourth-order valence-electron chi connectivity index (χ4n) is 7.99. The molecule has 17 nitrogen and oxygen atoms in total. The molecule has 1 aliphatic rings. The van der Waals surface area contributed by atoms with E-state index in [4.69, 9.17) is 23.7 Å². The number of nitrogens with one attached hydrogen (secondary N) is 2. The monoisotopic (exact) mass is 941 g/mol. The number of benzene rings is 2. The molecule has 0 saturated carbocycles. The number of pyridine rings is 2. The number of likely N-dealkylation sites (tertiary alicyclic amines) is 1. The summed E-state index contributed by atoms with van der Waals surface area (Å²) in [5, 5.41) is 17.6. The van der Waals surface area contributed by atoms with Crippen LogP contribution in [0.3, 0.4) is 0 Å². The van der Waals surface area contributed by atoms with Crippen LogP contribution in [0.15, 0.2) is 71.4 Å². The van der Waals surface area contributed by atoms with E-state index in [9.17, 15) is 24.3 Å². The number of thiazole rings is 1. The van der Waals surface area contributed by atoms with Gasteiger partial charge in [0.25, 0.3) is 5.56 Å². The Kier molecular flexibility index (Phi) is 17.6. The van der Waals surface area contributed by atoms with Crippen LogP contribution in [-0.2, 0) is 48.7 Å². The second kappa shape index (κ2) is 23.3. The highest BCUT2D eigenvalue weighted by molar-refractivity contribution is 7.13. The number of rotatable bonds is 22. The van der Waals surface area contributed by atoms with Crippen molar-refractivity contribution in [1.29, 1.82) is 0 Å². The Morgan fingerprint density at radius 2 is 1.63 bits per heavy atom. The van der Waals surface area contributed by atoms with Crippen molar-refractivity contribution < 1.29 is 43.2 Å². The minimum absolute atomic E-state index is 0.0200. The molecule has 67 heavy (non-hydrogen) atoms. The average Bonchev–Trinajstić information content (AvgIpc) is 3.93. The van der Waals surface area contributed by atoms with E-state index >= 15 is 0 Å². The number of aliphatic hydroxyl groups is 1. The summed E-state index contributed by atoms with van der Waals surface area (Å²) in [7, 11) is 6.94. The highest BCUT2D eigenvalue weighted by Crippen LogP contribution is 2.38. The number of ether oxygens (including phenoxy) is 5. The SMILES string of the molecule is COc1cc(-c2cn(C)c(=O)c3cnccc23)cc(OC)c1CN(C)CCOCCOCCOCC(=O)N[C@@H](C(=O)N1C[C@@H](O)C[C@@H]1C(=O)NCc1ccc(-c2scnc2C)cc1)C(C)(C)C. The van der Waals surface area contributed by atoms with Gasteiger partial charge in [0.2, 0.25) is 17.7 Å². The predicted molar refractivity (Wildman–Crippen MR) is 256 cm³/mol. The van der Waals surface area contributed by atoms with E-state index in [2.05, 4.69) is 25.5 Å². The Morgan fingerprint density at radius 1 is 0.955 bits per heavy atom. The number of nitrogens with zero attached hydrogens (tertiary/aromatic N) is 5. The first-order valence-electron chi connectivity index (χ1n) is 22.2. The third kappa shape index (κ3) is 13.0. The lowest BCUT2D eigenvalue weighted by Crippen LogP contribution is -2.58. The molecule has 3 amide bonds. The summed E-state index contributed by atoms with van der Waals surface area (Å²) in [5.41, 5.74) is 6.47. The summed E-state index contributed by atoms with van der Waals surface area (Å²) in [6.45, 7) is 10.1. The topological polar surface area (TPSA) is 196 Å². The minimum Gasteiger partial charge on any atom is -0.496 e. The molecule has 1 saturated heterocycles. The number of aromatic nitrogens is 3. The van der Waals surface area contributed by atoms with Crippen molar-refractivity contribution in [3.05, 3.63) is 93.7 Å². The van der Waals surface area contributed by atoms with Gasteiger partial charge >= 0.3 is 0 Å². The lowest BCUT2D eigenvalue weighted by molar-refractivity contribution is -0.144. The van der Waals surface area contributed by atoms with Gasteiger partial charge in [-0.25, -0.2) is 4.98 Å². The van der Waals surface area contributed by atoms with E-state index in [0.29, 0.717) is 49.8 Å². The van der Waals surface area contributed by atoms with Crippen molar-refractivity contribution in [3.8, 4) is 33.1 Å². The van der Waals surface area contributed by atoms with Crippen molar-refractivity contribution in [2.75, 3.05) is 74.0 Å². The second-order valence-electron chi connectivity index (χ2n) is 17.7. The molecule has 0 spiro atoms. The van der Waals surface area contributed by atoms with Gasteiger partial charge in [-0.1, -0.05) is 45.0 Å². The lowest BCUT2D eigenvalue weighted by atomic mass is 9.85. The standard InChI is InChI=1S/C49H63N7O10S/c1-31-44(67-30-52-31)33-11-9-32(10-12-33)24-51-46(59)40-23-35(57)26-56(40)48(61)45(49(2,3)4)53-43(58)29-66-20-19-65-18-17-64-16-15-54(5)27-39-41(62-7)21-34(22-42(39)63-8)38-28-55(6)47(60)37-25-50-14-13-36(37)38/h9-14,21-22,25,28,30,35,40,45,57H,15-20,23-24,26-27,29H2,1-8H3,(H,51,59)(H,53,58)/t35-,40+,45-/m0/s1. The molecule has 3 atom stereocenters. The van der Waals surface area contributed by atoms with Gasteiger partial charge in [-0.3, -0.25) is 29.1 Å². The Hall–Kier alpha value is -5.76. The maximum atomic E-state index is 14.0. The highest BCUT2D eigenvalue weighted by atomic mass is 32.1. The first kappa shape index (κ1) is 50.6. The molecule has 3 aromatic heterocycles. The quantitative estimate of drug-likeness (QED) is 0.0831. The third-order valence-electron chi connectivity index (χ3n) is 11.6. The second-order valence-corrected chi connectivity index (χ2v) is 18.6. The zero-order valence-corrected chi connectivity index (χ0v) is 40.4. The molecule has 360 valence electrons. The van der Waals surface area contributed by atoms with Crippen LogP contribution in [-0.4, -0.2) is 139 Å².